The van der Waals surface area contributed by atoms with Crippen LogP contribution in [0, 0.1) is 17.6 Å². The summed E-state index contributed by atoms with van der Waals surface area (Å²) >= 11 is 6.68. The van der Waals surface area contributed by atoms with Crippen LogP contribution in [0.15, 0.2) is 47.3 Å². The van der Waals surface area contributed by atoms with Gasteiger partial charge in [-0.2, -0.15) is 32.1 Å². The number of anilines is 2. The molecule has 1 saturated heterocycles. The summed E-state index contributed by atoms with van der Waals surface area (Å²) in [6, 6.07) is 4.64. The number of halogens is 10. The predicted octanol–water partition coefficient (Wildman–Crippen LogP) is 7.32. The maximum absolute atomic E-state index is 16.4. The summed E-state index contributed by atoms with van der Waals surface area (Å²) in [5, 5.41) is 6.02. The molecule has 69 heavy (non-hydrogen) atoms. The number of hydrogen-bond acceptors (Lipinski definition) is 10. The fraction of sp³-hybridized carbons (Fsp3) is 0.442. The highest BCUT2D eigenvalue weighted by atomic mass is 35.5. The number of sulfonamides is 1. The number of carbonyl (C=O) groups excluding carboxylic acids is 1. The van der Waals surface area contributed by atoms with E-state index in [0.717, 1.165) is 28.8 Å². The molecule has 10 rings (SSSR count). The SMILES string of the molecule is C[C@@H]1CN(c2ccc3c(=O)n(-c4ccc(Cl)c5c(NS(=O)(=O)C6CC6)nn(CC(F)F)c45)c([C@@H](Cc4cc(F)cc(F)c4)C(C(N)=O)n4nc(C(F)(F)F)c5c4C(F)(F)[C@@H]4C[C@H]54)nc3n2)C[C@H](C)O1. The predicted molar refractivity (Wildman–Crippen MR) is 230 cm³/mol. The molecule has 1 aliphatic heterocycles. The van der Waals surface area contributed by atoms with Gasteiger partial charge in [-0.05, 0) is 87.4 Å². The van der Waals surface area contributed by atoms with Crippen LogP contribution in [0.25, 0.3) is 27.6 Å². The number of pyridine rings is 1. The van der Waals surface area contributed by atoms with Crippen molar-refractivity contribution in [3.8, 4) is 5.69 Å². The quantitative estimate of drug-likeness (QED) is 0.111. The molecule has 15 nitrogen and oxygen atoms in total. The number of aromatic nitrogens is 7. The third kappa shape index (κ3) is 8.12. The summed E-state index contributed by atoms with van der Waals surface area (Å²) in [7, 11) is -4.17. The molecule has 1 amide bonds. The lowest BCUT2D eigenvalue weighted by Crippen LogP contribution is -2.45. The molecule has 3 fully saturated rings. The van der Waals surface area contributed by atoms with Crippen molar-refractivity contribution in [1.29, 1.82) is 0 Å². The third-order valence-corrected chi connectivity index (χ3v) is 15.0. The minimum atomic E-state index is -5.35. The van der Waals surface area contributed by atoms with E-state index in [1.807, 2.05) is 0 Å². The molecule has 3 aliphatic carbocycles. The van der Waals surface area contributed by atoms with Gasteiger partial charge < -0.3 is 15.4 Å². The monoisotopic (exact) mass is 1010 g/mol. The van der Waals surface area contributed by atoms with Crippen molar-refractivity contribution in [3.63, 3.8) is 0 Å². The molecule has 366 valence electrons. The zero-order chi connectivity index (χ0) is 49.4. The molecule has 5 heterocycles. The first-order valence-corrected chi connectivity index (χ1v) is 23.5. The van der Waals surface area contributed by atoms with Crippen LogP contribution in [0.3, 0.4) is 0 Å². The molecule has 2 saturated carbocycles. The van der Waals surface area contributed by atoms with E-state index >= 15 is 22.4 Å². The number of ether oxygens (including phenoxy) is 1. The van der Waals surface area contributed by atoms with E-state index in [-0.39, 0.29) is 69.0 Å². The van der Waals surface area contributed by atoms with Crippen molar-refractivity contribution < 1.29 is 57.5 Å². The Bertz CT molecular complexity index is 3260. The maximum Gasteiger partial charge on any atom is 0.435 e. The normalized spacial score (nSPS) is 22.0. The van der Waals surface area contributed by atoms with Gasteiger partial charge in [0.25, 0.3) is 17.9 Å². The second kappa shape index (κ2) is 16.3. The Morgan fingerprint density at radius 2 is 1.70 bits per heavy atom. The zero-order valence-corrected chi connectivity index (χ0v) is 37.6. The number of hydrogen-bond donors (Lipinski definition) is 2. The van der Waals surface area contributed by atoms with Crippen molar-refractivity contribution in [1.82, 2.24) is 34.1 Å². The third-order valence-electron chi connectivity index (χ3n) is 12.9. The van der Waals surface area contributed by atoms with Gasteiger partial charge in [-0.15, -0.1) is 0 Å². The molecule has 0 radical (unpaired) electrons. The van der Waals surface area contributed by atoms with Gasteiger partial charge >= 0.3 is 6.18 Å². The summed E-state index contributed by atoms with van der Waals surface area (Å²) in [5.41, 5.74) is -0.562. The number of benzene rings is 2. The molecule has 6 atom stereocenters. The van der Waals surface area contributed by atoms with E-state index in [1.165, 1.54) is 12.1 Å². The van der Waals surface area contributed by atoms with Gasteiger partial charge in [0.15, 0.2) is 17.2 Å². The van der Waals surface area contributed by atoms with E-state index in [2.05, 4.69) is 19.9 Å². The molecule has 0 bridgehead atoms. The van der Waals surface area contributed by atoms with Gasteiger partial charge in [0.1, 0.15) is 41.6 Å². The highest BCUT2D eigenvalue weighted by molar-refractivity contribution is 7.93. The van der Waals surface area contributed by atoms with Crippen molar-refractivity contribution in [3.05, 3.63) is 97.8 Å². The van der Waals surface area contributed by atoms with Gasteiger partial charge in [-0.1, -0.05) is 11.6 Å². The second-order valence-electron chi connectivity index (χ2n) is 17.9. The van der Waals surface area contributed by atoms with Crippen LogP contribution in [0.5, 0.6) is 0 Å². The lowest BCUT2D eigenvalue weighted by molar-refractivity contribution is -0.142. The molecular weight excluding hydrogens is 975 g/mol. The minimum absolute atomic E-state index is 0.136. The van der Waals surface area contributed by atoms with Crippen LogP contribution >= 0.6 is 11.6 Å². The Balaban J connectivity index is 1.30. The van der Waals surface area contributed by atoms with Gasteiger partial charge in [0.2, 0.25) is 15.9 Å². The molecular formula is C43H38ClF9N10O5S. The highest BCUT2D eigenvalue weighted by Crippen LogP contribution is 2.69. The maximum atomic E-state index is 16.4. The lowest BCUT2D eigenvalue weighted by Gasteiger charge is -2.36. The Morgan fingerprint density at radius 3 is 2.32 bits per heavy atom. The number of carbonyl (C=O) groups is 1. The number of alkyl halides is 7. The summed E-state index contributed by atoms with van der Waals surface area (Å²) in [6.45, 7) is 2.97. The number of nitrogens with zero attached hydrogens (tertiary/aromatic N) is 8. The fourth-order valence-electron chi connectivity index (χ4n) is 9.92. The van der Waals surface area contributed by atoms with E-state index in [0.29, 0.717) is 23.8 Å². The highest BCUT2D eigenvalue weighted by Gasteiger charge is 2.69. The van der Waals surface area contributed by atoms with Gasteiger partial charge in [-0.3, -0.25) is 23.6 Å². The molecule has 3 N–H and O–H groups in total. The standard InChI is InChI=1S/C43H38ClF9N10O5S/c1-17-14-60(15-18(2)68-17)30-8-5-23-38(55-30)56-40(62(41(23)65)28-7-6-27(44)32-34(28)61(16-29(47)48)58-39(32)59-69(66,67)22-3-4-22)25(11-19-9-20(45)12-21(46)10-19)33(37(54)64)63-36-31(35(57-63)43(51,52)53)24-13-26(24)42(36,49)50/h5-10,12,17-18,22,24-26,29,33H,3-4,11,13-16H2,1-2H3,(H2,54,64)(H,58,59)/t17-,18+,24-,25-,26+,33?/m0/s1. The number of fused-ring (bicyclic) bond motifs is 5. The topological polar surface area (TPSA) is 185 Å². The first-order chi connectivity index (χ1) is 32.4. The first kappa shape index (κ1) is 46.8. The largest absolute Gasteiger partial charge is 0.435 e. The number of nitrogens with two attached hydrogens (primary N) is 1. The van der Waals surface area contributed by atoms with Crippen LogP contribution in [0.2, 0.25) is 5.02 Å². The fourth-order valence-corrected chi connectivity index (χ4v) is 11.5. The van der Waals surface area contributed by atoms with Gasteiger partial charge in [-0.25, -0.2) is 40.6 Å². The summed E-state index contributed by atoms with van der Waals surface area (Å²) in [6.07, 6.45) is -9.80. The summed E-state index contributed by atoms with van der Waals surface area (Å²) in [5.74, 6) is -14.0. The Labute approximate surface area is 389 Å². The minimum Gasteiger partial charge on any atom is -0.372 e. The number of nitrogens with one attached hydrogen (secondary N) is 1. The molecule has 1 unspecified atom stereocenters. The molecule has 0 spiro atoms. The van der Waals surface area contributed by atoms with Gasteiger partial charge in [0, 0.05) is 30.6 Å². The molecule has 26 heteroatoms. The van der Waals surface area contributed by atoms with Crippen LogP contribution in [-0.4, -0.2) is 85.4 Å². The van der Waals surface area contributed by atoms with Gasteiger partial charge in [0.05, 0.1) is 50.4 Å². The Hall–Kier alpha value is -5.95. The molecule has 2 aromatic carbocycles. The van der Waals surface area contributed by atoms with E-state index < -0.39 is 133 Å². The van der Waals surface area contributed by atoms with Crippen LogP contribution in [0.1, 0.15) is 79.3 Å². The van der Waals surface area contributed by atoms with Crippen molar-refractivity contribution in [2.24, 2.45) is 11.7 Å². The Kier molecular flexibility index (Phi) is 11.1. The Morgan fingerprint density at radius 1 is 1.01 bits per heavy atom. The van der Waals surface area contributed by atoms with Crippen molar-refractivity contribution in [2.45, 2.75) is 99.9 Å². The number of amides is 1. The second-order valence-corrected chi connectivity index (χ2v) is 20.3. The smallest absolute Gasteiger partial charge is 0.372 e. The number of morpholine rings is 1. The number of primary amides is 1. The average molecular weight is 1010 g/mol. The zero-order valence-electron chi connectivity index (χ0n) is 36.0. The lowest BCUT2D eigenvalue weighted by atomic mass is 9.89. The van der Waals surface area contributed by atoms with E-state index in [1.54, 1.807) is 18.7 Å². The summed E-state index contributed by atoms with van der Waals surface area (Å²) < 4.78 is 173. The van der Waals surface area contributed by atoms with E-state index in [9.17, 15) is 35.2 Å². The van der Waals surface area contributed by atoms with Crippen LogP contribution in [0.4, 0.5) is 51.1 Å². The van der Waals surface area contributed by atoms with E-state index in [4.69, 9.17) is 27.1 Å². The number of rotatable bonds is 13. The molecule has 6 aromatic rings. The molecule has 4 aliphatic rings. The van der Waals surface area contributed by atoms with Crippen LogP contribution < -0.4 is 20.9 Å². The average Bonchev–Trinajstić information content (AvgIpc) is 4.16. The molecule has 4 aromatic heterocycles. The summed E-state index contributed by atoms with van der Waals surface area (Å²) in [4.78, 5) is 40.7. The van der Waals surface area contributed by atoms with Crippen molar-refractivity contribution in [2.75, 3.05) is 22.7 Å². The van der Waals surface area contributed by atoms with Crippen molar-refractivity contribution >= 4 is 61.1 Å². The first-order valence-electron chi connectivity index (χ1n) is 21.6. The van der Waals surface area contributed by atoms with Crippen LogP contribution in [-0.2, 0) is 44.6 Å².